The molecule has 4 N–H and O–H groups in total. The molecule has 7 nitrogen and oxygen atoms in total. The van der Waals surface area contributed by atoms with Crippen molar-refractivity contribution >= 4 is 32.5 Å². The monoisotopic (exact) mass is 481 g/mol. The molecule has 0 radical (unpaired) electrons. The van der Waals surface area contributed by atoms with Crippen molar-refractivity contribution in [1.82, 2.24) is 13.9 Å². The van der Waals surface area contributed by atoms with E-state index in [-0.39, 0.29) is 10.9 Å². The molecule has 170 valence electrons. The third kappa shape index (κ3) is 3.83. The predicted molar refractivity (Wildman–Crippen MR) is 129 cm³/mol. The number of rotatable bonds is 4. The predicted octanol–water partition coefficient (Wildman–Crippen LogP) is 4.04. The van der Waals surface area contributed by atoms with Crippen LogP contribution in [0.1, 0.15) is 31.5 Å². The minimum Gasteiger partial charge on any atom is -0.328 e. The van der Waals surface area contributed by atoms with Gasteiger partial charge in [0, 0.05) is 29.4 Å². The Kier molecular flexibility index (Phi) is 5.49. The van der Waals surface area contributed by atoms with Gasteiger partial charge in [-0.3, -0.25) is 0 Å². The van der Waals surface area contributed by atoms with E-state index < -0.39 is 15.6 Å². The van der Waals surface area contributed by atoms with E-state index in [4.69, 9.17) is 28.1 Å². The third-order valence-corrected chi connectivity index (χ3v) is 8.31. The van der Waals surface area contributed by atoms with Gasteiger partial charge in [0.05, 0.1) is 26.7 Å². The standard InChI is InChI=1S/C24H24ClN5O2S/c25-20-14-28-23(24(27)12-10-16(26)11-13-24)29-22(20)19-15-30(21-9-5-4-8-18(19)21)33(31,32)17-6-2-1-3-7-17/h1-9,14-16H,10-13,26-27H2. The van der Waals surface area contributed by atoms with E-state index in [1.165, 1.54) is 3.97 Å². The van der Waals surface area contributed by atoms with Gasteiger partial charge in [-0.1, -0.05) is 48.0 Å². The molecule has 2 aromatic heterocycles. The Bertz CT molecular complexity index is 1430. The van der Waals surface area contributed by atoms with Crippen LogP contribution in [0.5, 0.6) is 0 Å². The number of nitrogens with zero attached hydrogens (tertiary/aromatic N) is 3. The summed E-state index contributed by atoms with van der Waals surface area (Å²) in [5, 5.41) is 1.05. The van der Waals surface area contributed by atoms with Gasteiger partial charge in [-0.2, -0.15) is 0 Å². The molecule has 0 saturated heterocycles. The van der Waals surface area contributed by atoms with Crippen molar-refractivity contribution < 1.29 is 8.42 Å². The summed E-state index contributed by atoms with van der Waals surface area (Å²) >= 11 is 6.53. The number of fused-ring (bicyclic) bond motifs is 1. The minimum atomic E-state index is -3.82. The van der Waals surface area contributed by atoms with Gasteiger partial charge in [0.15, 0.2) is 0 Å². The molecule has 33 heavy (non-hydrogen) atoms. The van der Waals surface area contributed by atoms with Crippen LogP contribution >= 0.6 is 11.6 Å². The lowest BCUT2D eigenvalue weighted by atomic mass is 9.80. The second-order valence-electron chi connectivity index (χ2n) is 8.56. The Morgan fingerprint density at radius 1 is 1.03 bits per heavy atom. The molecule has 2 aromatic carbocycles. The lowest BCUT2D eigenvalue weighted by Gasteiger charge is -2.34. The highest BCUT2D eigenvalue weighted by molar-refractivity contribution is 7.90. The van der Waals surface area contributed by atoms with Gasteiger partial charge in [0.1, 0.15) is 5.82 Å². The van der Waals surface area contributed by atoms with Crippen LogP contribution in [0.15, 0.2) is 71.9 Å². The van der Waals surface area contributed by atoms with Crippen LogP contribution in [-0.4, -0.2) is 28.4 Å². The first-order valence-corrected chi connectivity index (χ1v) is 12.6. The number of halogens is 1. The van der Waals surface area contributed by atoms with Gasteiger partial charge < -0.3 is 11.5 Å². The number of aromatic nitrogens is 3. The maximum absolute atomic E-state index is 13.4. The smallest absolute Gasteiger partial charge is 0.268 e. The minimum absolute atomic E-state index is 0.134. The molecule has 0 bridgehead atoms. The normalized spacial score (nSPS) is 21.4. The Morgan fingerprint density at radius 2 is 1.70 bits per heavy atom. The highest BCUT2D eigenvalue weighted by atomic mass is 35.5. The Balaban J connectivity index is 1.68. The van der Waals surface area contributed by atoms with Gasteiger partial charge in [0.25, 0.3) is 10.0 Å². The second-order valence-corrected chi connectivity index (χ2v) is 10.8. The molecule has 0 unspecified atom stereocenters. The van der Waals surface area contributed by atoms with E-state index in [0.717, 1.165) is 18.2 Å². The van der Waals surface area contributed by atoms with Crippen LogP contribution in [0.25, 0.3) is 22.2 Å². The Morgan fingerprint density at radius 3 is 2.42 bits per heavy atom. The molecule has 4 aromatic rings. The van der Waals surface area contributed by atoms with Crippen molar-refractivity contribution in [3.8, 4) is 11.3 Å². The molecule has 1 fully saturated rings. The van der Waals surface area contributed by atoms with Crippen molar-refractivity contribution in [3.05, 3.63) is 77.8 Å². The van der Waals surface area contributed by atoms with Crippen molar-refractivity contribution in [2.45, 2.75) is 42.2 Å². The topological polar surface area (TPSA) is 117 Å². The average Bonchev–Trinajstić information content (AvgIpc) is 3.22. The quantitative estimate of drug-likeness (QED) is 0.454. The lowest BCUT2D eigenvalue weighted by Crippen LogP contribution is -2.44. The third-order valence-electron chi connectivity index (χ3n) is 6.35. The highest BCUT2D eigenvalue weighted by Crippen LogP contribution is 2.38. The second kappa shape index (κ2) is 8.22. The molecule has 0 atom stereocenters. The molecule has 1 saturated carbocycles. The van der Waals surface area contributed by atoms with Gasteiger partial charge in [-0.05, 0) is 43.9 Å². The molecule has 1 aliphatic rings. The number of benzene rings is 2. The lowest BCUT2D eigenvalue weighted by molar-refractivity contribution is 0.265. The summed E-state index contributed by atoms with van der Waals surface area (Å²) in [7, 11) is -3.82. The van der Waals surface area contributed by atoms with Crippen LogP contribution in [0.4, 0.5) is 0 Å². The largest absolute Gasteiger partial charge is 0.328 e. The van der Waals surface area contributed by atoms with Crippen LogP contribution < -0.4 is 11.5 Å². The van der Waals surface area contributed by atoms with Crippen molar-refractivity contribution in [1.29, 1.82) is 0 Å². The van der Waals surface area contributed by atoms with E-state index in [1.54, 1.807) is 54.9 Å². The van der Waals surface area contributed by atoms with Gasteiger partial charge in [-0.15, -0.1) is 0 Å². The van der Waals surface area contributed by atoms with Crippen LogP contribution in [-0.2, 0) is 15.6 Å². The molecule has 0 amide bonds. The number of hydrogen-bond donors (Lipinski definition) is 2. The molecule has 9 heteroatoms. The first-order chi connectivity index (χ1) is 15.8. The fourth-order valence-corrected chi connectivity index (χ4v) is 6.00. The molecular weight excluding hydrogens is 458 g/mol. The fraction of sp³-hybridized carbons (Fsp3) is 0.250. The molecular formula is C24H24ClN5O2S. The van der Waals surface area contributed by atoms with E-state index in [2.05, 4.69) is 4.98 Å². The van der Waals surface area contributed by atoms with E-state index in [1.807, 2.05) is 12.1 Å². The van der Waals surface area contributed by atoms with Gasteiger partial charge in [-0.25, -0.2) is 22.4 Å². The molecule has 0 aliphatic heterocycles. The first kappa shape index (κ1) is 22.0. The maximum Gasteiger partial charge on any atom is 0.268 e. The van der Waals surface area contributed by atoms with Crippen molar-refractivity contribution in [2.24, 2.45) is 11.5 Å². The van der Waals surface area contributed by atoms with E-state index in [0.29, 0.717) is 40.5 Å². The van der Waals surface area contributed by atoms with Crippen LogP contribution in [0.2, 0.25) is 5.02 Å². The van der Waals surface area contributed by atoms with Crippen LogP contribution in [0, 0.1) is 0 Å². The van der Waals surface area contributed by atoms with Crippen molar-refractivity contribution in [3.63, 3.8) is 0 Å². The summed E-state index contributed by atoms with van der Waals surface area (Å²) in [6.07, 6.45) is 6.07. The van der Waals surface area contributed by atoms with Gasteiger partial charge >= 0.3 is 0 Å². The zero-order valence-electron chi connectivity index (χ0n) is 17.9. The molecule has 0 spiro atoms. The van der Waals surface area contributed by atoms with Gasteiger partial charge in [0.2, 0.25) is 0 Å². The van der Waals surface area contributed by atoms with Crippen LogP contribution in [0.3, 0.4) is 0 Å². The summed E-state index contributed by atoms with van der Waals surface area (Å²) < 4.78 is 28.2. The maximum atomic E-state index is 13.4. The molecule has 1 aliphatic carbocycles. The van der Waals surface area contributed by atoms with Crippen molar-refractivity contribution in [2.75, 3.05) is 0 Å². The molecule has 2 heterocycles. The first-order valence-electron chi connectivity index (χ1n) is 10.8. The number of para-hydroxylation sites is 1. The number of hydrogen-bond acceptors (Lipinski definition) is 6. The summed E-state index contributed by atoms with van der Waals surface area (Å²) in [4.78, 5) is 9.40. The number of nitrogens with two attached hydrogens (primary N) is 2. The fourth-order valence-electron chi connectivity index (χ4n) is 4.42. The molecule has 5 rings (SSSR count). The summed E-state index contributed by atoms with van der Waals surface area (Å²) in [6, 6.07) is 15.7. The Labute approximate surface area is 197 Å². The zero-order valence-corrected chi connectivity index (χ0v) is 19.4. The summed E-state index contributed by atoms with van der Waals surface area (Å²) in [5.74, 6) is 0.497. The van der Waals surface area contributed by atoms with E-state index in [9.17, 15) is 8.42 Å². The Hall–Kier alpha value is -2.78. The average molecular weight is 482 g/mol. The highest BCUT2D eigenvalue weighted by Gasteiger charge is 2.35. The van der Waals surface area contributed by atoms with E-state index >= 15 is 0 Å². The SMILES string of the molecule is NC1CCC(N)(c2ncc(Cl)c(-c3cn(S(=O)(=O)c4ccccc4)c4ccccc34)n2)CC1. The summed E-state index contributed by atoms with van der Waals surface area (Å²) in [6.45, 7) is 0. The summed E-state index contributed by atoms with van der Waals surface area (Å²) in [5.41, 5.74) is 13.6. The zero-order chi connectivity index (χ0) is 23.2.